The number of anilines is 1. The first-order valence-electron chi connectivity index (χ1n) is 9.40. The van der Waals surface area contributed by atoms with Gasteiger partial charge in [-0.05, 0) is 47.0 Å². The summed E-state index contributed by atoms with van der Waals surface area (Å²) in [5.74, 6) is 8.06. The van der Waals surface area contributed by atoms with Crippen molar-refractivity contribution in [3.63, 3.8) is 0 Å². The van der Waals surface area contributed by atoms with E-state index >= 15 is 0 Å². The normalized spacial score (nSPS) is 11.6. The summed E-state index contributed by atoms with van der Waals surface area (Å²) in [6.07, 6.45) is 0. The number of thioether (sulfide) groups is 1. The fraction of sp³-hybridized carbons (Fsp3) is 0.136. The molecule has 0 unspecified atom stereocenters. The molecule has 7 nitrogen and oxygen atoms in total. The van der Waals surface area contributed by atoms with Crippen molar-refractivity contribution in [3.8, 4) is 5.75 Å². The lowest BCUT2D eigenvalue weighted by molar-refractivity contribution is 0.414. The molecule has 0 fully saturated rings. The number of methoxy groups -OCH3 is 1. The van der Waals surface area contributed by atoms with Gasteiger partial charge in [-0.25, -0.2) is 10.1 Å². The Kier molecular flexibility index (Phi) is 5.85. The molecule has 0 saturated carbocycles. The number of nitrogens with one attached hydrogen (secondary N) is 1. The number of hydrogen-bond acceptors (Lipinski definition) is 7. The third-order valence-corrected chi connectivity index (χ3v) is 5.70. The van der Waals surface area contributed by atoms with E-state index in [9.17, 15) is 0 Å². The first-order valence-corrected chi connectivity index (χ1v) is 10.4. The molecule has 0 aliphatic rings. The van der Waals surface area contributed by atoms with Crippen molar-refractivity contribution < 1.29 is 4.74 Å². The first kappa shape index (κ1) is 19.8. The fourth-order valence-electron chi connectivity index (χ4n) is 2.93. The summed E-state index contributed by atoms with van der Waals surface area (Å²) in [6, 6.07) is 22.4. The van der Waals surface area contributed by atoms with Crippen LogP contribution in [-0.4, -0.2) is 27.7 Å². The Bertz CT molecular complexity index is 1190. The molecule has 1 aromatic heterocycles. The number of aromatic nitrogens is 3. The molecule has 1 heterocycles. The van der Waals surface area contributed by atoms with Gasteiger partial charge in [-0.1, -0.05) is 60.3 Å². The maximum atomic E-state index is 6.13. The molecule has 30 heavy (non-hydrogen) atoms. The number of hydrazone groups is 1. The average molecular weight is 419 g/mol. The molecule has 3 aromatic carbocycles. The van der Waals surface area contributed by atoms with E-state index in [4.69, 9.17) is 10.6 Å². The lowest BCUT2D eigenvalue weighted by Gasteiger charge is -2.06. The molecule has 4 rings (SSSR count). The molecule has 0 radical (unpaired) electrons. The van der Waals surface area contributed by atoms with E-state index < -0.39 is 0 Å². The van der Waals surface area contributed by atoms with Gasteiger partial charge in [0.1, 0.15) is 5.75 Å². The van der Waals surface area contributed by atoms with Crippen molar-refractivity contribution in [3.05, 3.63) is 77.9 Å². The van der Waals surface area contributed by atoms with E-state index in [1.54, 1.807) is 7.11 Å². The van der Waals surface area contributed by atoms with Crippen LogP contribution in [0.25, 0.3) is 10.8 Å². The van der Waals surface area contributed by atoms with Crippen molar-refractivity contribution >= 4 is 34.2 Å². The van der Waals surface area contributed by atoms with Crippen LogP contribution >= 0.6 is 11.8 Å². The largest absolute Gasteiger partial charge is 0.497 e. The summed E-state index contributed by atoms with van der Waals surface area (Å²) < 4.78 is 6.59. The molecule has 8 heteroatoms. The minimum Gasteiger partial charge on any atom is -0.497 e. The Morgan fingerprint density at radius 1 is 1.07 bits per heavy atom. The van der Waals surface area contributed by atoms with Gasteiger partial charge in [0, 0.05) is 5.75 Å². The number of fused-ring (bicyclic) bond motifs is 1. The second-order valence-corrected chi connectivity index (χ2v) is 7.63. The third-order valence-electron chi connectivity index (χ3n) is 4.68. The van der Waals surface area contributed by atoms with Crippen molar-refractivity contribution in [2.45, 2.75) is 17.8 Å². The van der Waals surface area contributed by atoms with Crippen LogP contribution in [0, 0.1) is 0 Å². The van der Waals surface area contributed by atoms with Gasteiger partial charge in [0.2, 0.25) is 5.16 Å². The number of nitrogen functional groups attached to an aromatic ring is 1. The standard InChI is InChI=1S/C22H22N6OS/c1-15(18-10-9-17-5-3-4-6-19(17)13-18)24-25-21-26-27-22(28(21)23)30-14-16-7-11-20(29-2)12-8-16/h3-13H,14,23H2,1-2H3,(H,25,26)/b24-15+. The number of hydrogen-bond donors (Lipinski definition) is 2. The summed E-state index contributed by atoms with van der Waals surface area (Å²) in [5, 5.41) is 15.6. The zero-order valence-corrected chi connectivity index (χ0v) is 17.6. The van der Waals surface area contributed by atoms with E-state index in [1.807, 2.05) is 49.4 Å². The summed E-state index contributed by atoms with van der Waals surface area (Å²) in [6.45, 7) is 1.94. The summed E-state index contributed by atoms with van der Waals surface area (Å²) in [5.41, 5.74) is 5.91. The highest BCUT2D eigenvalue weighted by Crippen LogP contribution is 2.23. The first-order chi connectivity index (χ1) is 14.6. The lowest BCUT2D eigenvalue weighted by atomic mass is 10.0. The predicted octanol–water partition coefficient (Wildman–Crippen LogP) is 4.28. The van der Waals surface area contributed by atoms with Gasteiger partial charge in [0.05, 0.1) is 12.8 Å². The topological polar surface area (TPSA) is 90.4 Å². The molecule has 0 amide bonds. The van der Waals surface area contributed by atoms with Crippen LogP contribution in [0.3, 0.4) is 0 Å². The van der Waals surface area contributed by atoms with Crippen molar-refractivity contribution in [1.82, 2.24) is 14.9 Å². The molecule has 0 saturated heterocycles. The zero-order valence-electron chi connectivity index (χ0n) is 16.7. The van der Waals surface area contributed by atoms with Gasteiger partial charge in [0.15, 0.2) is 0 Å². The number of ether oxygens (including phenoxy) is 1. The average Bonchev–Trinajstić information content (AvgIpc) is 3.15. The Morgan fingerprint density at radius 2 is 1.83 bits per heavy atom. The SMILES string of the molecule is COc1ccc(CSc2nnc(N/N=C(\C)c3ccc4ccccc4c3)n2N)cc1. The molecule has 0 bridgehead atoms. The number of nitrogens with two attached hydrogens (primary N) is 1. The molecular weight excluding hydrogens is 396 g/mol. The Morgan fingerprint density at radius 3 is 2.60 bits per heavy atom. The molecule has 0 spiro atoms. The van der Waals surface area contributed by atoms with Gasteiger partial charge >= 0.3 is 0 Å². The number of nitrogens with zero attached hydrogens (tertiary/aromatic N) is 4. The van der Waals surface area contributed by atoms with Gasteiger partial charge in [-0.15, -0.1) is 10.2 Å². The highest BCUT2D eigenvalue weighted by atomic mass is 32.2. The van der Waals surface area contributed by atoms with E-state index in [1.165, 1.54) is 27.2 Å². The van der Waals surface area contributed by atoms with E-state index in [0.717, 1.165) is 28.3 Å². The maximum Gasteiger partial charge on any atom is 0.264 e. The fourth-order valence-corrected chi connectivity index (χ4v) is 3.75. The van der Waals surface area contributed by atoms with Crippen molar-refractivity contribution in [2.24, 2.45) is 5.10 Å². The summed E-state index contributed by atoms with van der Waals surface area (Å²) >= 11 is 1.50. The number of rotatable bonds is 7. The smallest absolute Gasteiger partial charge is 0.264 e. The highest BCUT2D eigenvalue weighted by Gasteiger charge is 2.10. The van der Waals surface area contributed by atoms with Crippen LogP contribution in [0.15, 0.2) is 77.0 Å². The zero-order chi connectivity index (χ0) is 20.9. The third kappa shape index (κ3) is 4.38. The second kappa shape index (κ2) is 8.87. The van der Waals surface area contributed by atoms with Crippen LogP contribution in [0.1, 0.15) is 18.1 Å². The Hall–Kier alpha value is -3.52. The highest BCUT2D eigenvalue weighted by molar-refractivity contribution is 7.98. The molecule has 3 N–H and O–H groups in total. The monoisotopic (exact) mass is 418 g/mol. The van der Waals surface area contributed by atoms with Crippen LogP contribution in [0.5, 0.6) is 5.75 Å². The van der Waals surface area contributed by atoms with Crippen LogP contribution < -0.4 is 16.0 Å². The summed E-state index contributed by atoms with van der Waals surface area (Å²) in [4.78, 5) is 0. The van der Waals surface area contributed by atoms with Gasteiger partial charge in [0.25, 0.3) is 5.95 Å². The molecule has 4 aromatic rings. The van der Waals surface area contributed by atoms with Gasteiger partial charge in [-0.2, -0.15) is 5.10 Å². The quantitative estimate of drug-likeness (QED) is 0.201. The van der Waals surface area contributed by atoms with E-state index in [-0.39, 0.29) is 0 Å². The van der Waals surface area contributed by atoms with E-state index in [0.29, 0.717) is 11.1 Å². The van der Waals surface area contributed by atoms with Crippen molar-refractivity contribution in [2.75, 3.05) is 18.4 Å². The Labute approximate surface area is 178 Å². The molecular formula is C22H22N6OS. The van der Waals surface area contributed by atoms with E-state index in [2.05, 4.69) is 45.0 Å². The molecule has 0 aliphatic carbocycles. The molecule has 0 aliphatic heterocycles. The predicted molar refractivity (Wildman–Crippen MR) is 123 cm³/mol. The molecule has 152 valence electrons. The minimum atomic E-state index is 0.382. The molecule has 0 atom stereocenters. The maximum absolute atomic E-state index is 6.13. The second-order valence-electron chi connectivity index (χ2n) is 6.68. The van der Waals surface area contributed by atoms with Gasteiger partial charge in [-0.3, -0.25) is 0 Å². The minimum absolute atomic E-state index is 0.382. The number of benzene rings is 3. The van der Waals surface area contributed by atoms with Crippen LogP contribution in [-0.2, 0) is 5.75 Å². The van der Waals surface area contributed by atoms with Crippen LogP contribution in [0.4, 0.5) is 5.95 Å². The van der Waals surface area contributed by atoms with Gasteiger partial charge < -0.3 is 10.6 Å². The van der Waals surface area contributed by atoms with Crippen LogP contribution in [0.2, 0.25) is 0 Å². The van der Waals surface area contributed by atoms with Crippen molar-refractivity contribution in [1.29, 1.82) is 0 Å². The Balaban J connectivity index is 1.42. The summed E-state index contributed by atoms with van der Waals surface area (Å²) in [7, 11) is 1.65. The lowest BCUT2D eigenvalue weighted by Crippen LogP contribution is -2.13.